The van der Waals surface area contributed by atoms with E-state index in [0.717, 1.165) is 10.0 Å². The summed E-state index contributed by atoms with van der Waals surface area (Å²) in [6, 6.07) is 1.66. The number of anilines is 1. The van der Waals surface area contributed by atoms with Gasteiger partial charge in [-0.1, -0.05) is 0 Å². The van der Waals surface area contributed by atoms with Gasteiger partial charge in [-0.05, 0) is 55.3 Å². The van der Waals surface area contributed by atoms with Gasteiger partial charge < -0.3 is 0 Å². The average molecular weight is 322 g/mol. The van der Waals surface area contributed by atoms with Gasteiger partial charge in [-0.2, -0.15) is 13.1 Å². The van der Waals surface area contributed by atoms with Crippen molar-refractivity contribution in [2.75, 3.05) is 4.72 Å². The fraction of sp³-hybridized carbons (Fsp3) is 0.500. The van der Waals surface area contributed by atoms with E-state index in [1.165, 1.54) is 0 Å². The molecule has 1 aromatic rings. The van der Waals surface area contributed by atoms with E-state index in [1.54, 1.807) is 33.0 Å². The van der Waals surface area contributed by atoms with Crippen molar-refractivity contribution >= 4 is 32.0 Å². The molecule has 17 heavy (non-hydrogen) atoms. The number of aromatic nitrogens is 1. The smallest absolute Gasteiger partial charge is 0.255 e. The van der Waals surface area contributed by atoms with Crippen molar-refractivity contribution in [3.63, 3.8) is 0 Å². The van der Waals surface area contributed by atoms with Crippen molar-refractivity contribution < 1.29 is 8.42 Å². The van der Waals surface area contributed by atoms with Gasteiger partial charge in [0.25, 0.3) is 0 Å². The third-order valence-corrected chi connectivity index (χ3v) is 3.92. The van der Waals surface area contributed by atoms with Gasteiger partial charge in [0.2, 0.25) is 0 Å². The Morgan fingerprint density at radius 2 is 1.94 bits per heavy atom. The minimum absolute atomic E-state index is 0.294. The normalized spacial score (nSPS) is 12.5. The molecule has 1 rings (SSSR count). The topological polar surface area (TPSA) is 71.1 Å². The molecule has 0 fully saturated rings. The van der Waals surface area contributed by atoms with Crippen LogP contribution in [0.5, 0.6) is 0 Å². The molecular weight excluding hydrogens is 306 g/mol. The Labute approximate surface area is 110 Å². The Morgan fingerprint density at radius 3 is 2.41 bits per heavy atom. The summed E-state index contributed by atoms with van der Waals surface area (Å²) in [5, 5.41) is 0. The summed E-state index contributed by atoms with van der Waals surface area (Å²) in [5.41, 5.74) is 0.379. The number of hydrogen-bond acceptors (Lipinski definition) is 3. The summed E-state index contributed by atoms with van der Waals surface area (Å²) in [4.78, 5) is 3.98. The number of nitrogens with one attached hydrogen (secondary N) is 2. The van der Waals surface area contributed by atoms with Crippen molar-refractivity contribution in [3.8, 4) is 0 Å². The van der Waals surface area contributed by atoms with E-state index in [9.17, 15) is 8.42 Å². The molecular formula is C10H16BrN3O2S. The monoisotopic (exact) mass is 321 g/mol. The second-order valence-corrected chi connectivity index (χ2v) is 7.05. The van der Waals surface area contributed by atoms with Crippen LogP contribution in [0.15, 0.2) is 16.7 Å². The molecule has 0 aliphatic rings. The van der Waals surface area contributed by atoms with Crippen molar-refractivity contribution in [1.82, 2.24) is 9.71 Å². The summed E-state index contributed by atoms with van der Waals surface area (Å²) >= 11 is 3.30. The zero-order chi connectivity index (χ0) is 13.3. The maximum absolute atomic E-state index is 11.7. The minimum atomic E-state index is -3.60. The van der Waals surface area contributed by atoms with E-state index in [1.807, 2.05) is 6.92 Å². The van der Waals surface area contributed by atoms with Crippen LogP contribution in [0, 0.1) is 6.92 Å². The molecule has 96 valence electrons. The zero-order valence-electron chi connectivity index (χ0n) is 10.2. The van der Waals surface area contributed by atoms with Crippen LogP contribution < -0.4 is 9.44 Å². The molecule has 5 nitrogen and oxygen atoms in total. The molecule has 0 bridgehead atoms. The highest BCUT2D eigenvalue weighted by atomic mass is 79.9. The summed E-state index contributed by atoms with van der Waals surface area (Å²) in [5.74, 6) is 0.294. The Bertz CT molecular complexity index is 509. The van der Waals surface area contributed by atoms with Gasteiger partial charge in [0, 0.05) is 16.2 Å². The number of aryl methyl sites for hydroxylation is 1. The lowest BCUT2D eigenvalue weighted by Gasteiger charge is -2.20. The first-order valence-electron chi connectivity index (χ1n) is 5.03. The van der Waals surface area contributed by atoms with Crippen molar-refractivity contribution in [2.45, 2.75) is 33.2 Å². The number of pyridine rings is 1. The summed E-state index contributed by atoms with van der Waals surface area (Å²) in [6.07, 6.45) is 1.56. The van der Waals surface area contributed by atoms with Crippen LogP contribution in [0.4, 0.5) is 5.82 Å². The van der Waals surface area contributed by atoms with Crippen LogP contribution in [0.25, 0.3) is 0 Å². The van der Waals surface area contributed by atoms with Crippen molar-refractivity contribution in [1.29, 1.82) is 0 Å². The van der Waals surface area contributed by atoms with Crippen LogP contribution in [-0.4, -0.2) is 18.9 Å². The highest BCUT2D eigenvalue weighted by Gasteiger charge is 2.20. The third-order valence-electron chi connectivity index (χ3n) is 1.73. The summed E-state index contributed by atoms with van der Waals surface area (Å²) < 4.78 is 29.2. The molecule has 1 aromatic heterocycles. The van der Waals surface area contributed by atoms with Gasteiger partial charge in [-0.15, -0.1) is 0 Å². The average Bonchev–Trinajstić information content (AvgIpc) is 2.06. The van der Waals surface area contributed by atoms with E-state index < -0.39 is 15.7 Å². The van der Waals surface area contributed by atoms with E-state index in [-0.39, 0.29) is 0 Å². The molecule has 0 aliphatic carbocycles. The molecule has 0 aromatic carbocycles. The lowest BCUT2D eigenvalue weighted by atomic mass is 10.1. The largest absolute Gasteiger partial charge is 0.300 e. The number of rotatable bonds is 3. The van der Waals surface area contributed by atoms with Gasteiger partial charge in [0.1, 0.15) is 5.82 Å². The van der Waals surface area contributed by atoms with Crippen molar-refractivity contribution in [3.05, 3.63) is 22.3 Å². The van der Waals surface area contributed by atoms with Crippen LogP contribution in [0.3, 0.4) is 0 Å². The number of hydrogen-bond donors (Lipinski definition) is 2. The van der Waals surface area contributed by atoms with Crippen LogP contribution in [-0.2, 0) is 10.2 Å². The maximum atomic E-state index is 11.7. The highest BCUT2D eigenvalue weighted by molar-refractivity contribution is 9.10. The molecule has 7 heteroatoms. The van der Waals surface area contributed by atoms with Crippen molar-refractivity contribution in [2.24, 2.45) is 0 Å². The van der Waals surface area contributed by atoms with Crippen LogP contribution in [0.1, 0.15) is 26.3 Å². The molecule has 0 saturated heterocycles. The van der Waals surface area contributed by atoms with Gasteiger partial charge >= 0.3 is 10.2 Å². The summed E-state index contributed by atoms with van der Waals surface area (Å²) in [6.45, 7) is 7.17. The molecule has 0 radical (unpaired) electrons. The SMILES string of the molecule is Cc1cc(NS(=O)(=O)NC(C)(C)C)ncc1Br. The first-order valence-corrected chi connectivity index (χ1v) is 7.30. The molecule has 0 unspecified atom stereocenters. The predicted molar refractivity (Wildman–Crippen MR) is 72.1 cm³/mol. The molecule has 2 N–H and O–H groups in total. The fourth-order valence-electron chi connectivity index (χ4n) is 1.16. The van der Waals surface area contributed by atoms with E-state index in [2.05, 4.69) is 30.4 Å². The van der Waals surface area contributed by atoms with E-state index in [4.69, 9.17) is 0 Å². The second kappa shape index (κ2) is 4.91. The Kier molecular flexibility index (Phi) is 4.16. The third kappa shape index (κ3) is 5.01. The van der Waals surface area contributed by atoms with Crippen LogP contribution >= 0.6 is 15.9 Å². The molecule has 0 atom stereocenters. The first kappa shape index (κ1) is 14.4. The second-order valence-electron chi connectivity index (χ2n) is 4.78. The predicted octanol–water partition coefficient (Wildman–Crippen LogP) is 2.20. The zero-order valence-corrected chi connectivity index (χ0v) is 12.6. The summed E-state index contributed by atoms with van der Waals surface area (Å²) in [7, 11) is -3.60. The highest BCUT2D eigenvalue weighted by Crippen LogP contribution is 2.17. The van der Waals surface area contributed by atoms with Gasteiger partial charge in [0.15, 0.2) is 0 Å². The molecule has 1 heterocycles. The lowest BCUT2D eigenvalue weighted by molar-refractivity contribution is 0.494. The van der Waals surface area contributed by atoms with Crippen LogP contribution in [0.2, 0.25) is 0 Å². The Morgan fingerprint density at radius 1 is 1.35 bits per heavy atom. The van der Waals surface area contributed by atoms with E-state index in [0.29, 0.717) is 5.82 Å². The first-order chi connectivity index (χ1) is 7.59. The number of halogens is 1. The van der Waals surface area contributed by atoms with E-state index >= 15 is 0 Å². The number of nitrogens with zero attached hydrogens (tertiary/aromatic N) is 1. The molecule has 0 spiro atoms. The quantitative estimate of drug-likeness (QED) is 0.896. The molecule has 0 aliphatic heterocycles. The van der Waals surface area contributed by atoms with Gasteiger partial charge in [-0.3, -0.25) is 4.72 Å². The van der Waals surface area contributed by atoms with Gasteiger partial charge in [0.05, 0.1) is 0 Å². The van der Waals surface area contributed by atoms with Gasteiger partial charge in [-0.25, -0.2) is 4.98 Å². The maximum Gasteiger partial charge on any atom is 0.300 e. The lowest BCUT2D eigenvalue weighted by Crippen LogP contribution is -2.43. The Hall–Kier alpha value is -0.660. The molecule has 0 amide bonds. The minimum Gasteiger partial charge on any atom is -0.255 e. The fourth-order valence-corrected chi connectivity index (χ4v) is 2.62. The standard InChI is InChI=1S/C10H16BrN3O2S/c1-7-5-9(12-6-8(7)11)13-17(15,16)14-10(2,3)4/h5-6,14H,1-4H3,(H,12,13). The Balaban J connectivity index is 2.87. The molecule has 0 saturated carbocycles.